The molecule has 0 spiro atoms. The van der Waals surface area contributed by atoms with Gasteiger partial charge >= 0.3 is 0 Å². The van der Waals surface area contributed by atoms with Gasteiger partial charge in [0.2, 0.25) is 5.78 Å². The van der Waals surface area contributed by atoms with Gasteiger partial charge in [0.25, 0.3) is 0 Å². The zero-order valence-corrected chi connectivity index (χ0v) is 11.8. The molecule has 104 valence electrons. The van der Waals surface area contributed by atoms with Crippen LogP contribution in [0.3, 0.4) is 0 Å². The molecule has 1 aromatic carbocycles. The van der Waals surface area contributed by atoms with Crippen LogP contribution in [0.4, 0.5) is 0 Å². The summed E-state index contributed by atoms with van der Waals surface area (Å²) in [6, 6.07) is 9.74. The Labute approximate surface area is 127 Å². The van der Waals surface area contributed by atoms with E-state index in [4.69, 9.17) is 0 Å². The summed E-state index contributed by atoms with van der Waals surface area (Å²) in [6.07, 6.45) is 4.97. The molecule has 22 heavy (non-hydrogen) atoms. The monoisotopic (exact) mass is 284 g/mol. The number of carbonyl (C=O) groups is 1. The van der Waals surface area contributed by atoms with E-state index in [1.54, 1.807) is 18.3 Å². The number of pyridine rings is 2. The first-order valence-electron chi connectivity index (χ1n) is 6.98. The van der Waals surface area contributed by atoms with Crippen molar-refractivity contribution in [3.8, 4) is 0 Å². The zero-order chi connectivity index (χ0) is 15.3. The number of carbonyl (C=O) groups excluding carboxylic acids is 1. The van der Waals surface area contributed by atoms with Crippen LogP contribution in [0.25, 0.3) is 27.2 Å². The van der Waals surface area contributed by atoms with Gasteiger partial charge in [-0.15, -0.1) is 0 Å². The van der Waals surface area contributed by atoms with Crippen LogP contribution in [0.15, 0.2) is 67.4 Å². The standard InChI is InChI=1S/C19H12N2O/c1-3-11-12(4-2)19(22)18-16-14(9-10-20-17(11)16)13-7-5-6-8-15(13)21-18/h3-10H,1-2H2. The van der Waals surface area contributed by atoms with Crippen molar-refractivity contribution < 1.29 is 4.79 Å². The quantitative estimate of drug-likeness (QED) is 0.665. The van der Waals surface area contributed by atoms with Gasteiger partial charge < -0.3 is 0 Å². The molecule has 0 saturated heterocycles. The largest absolute Gasteiger partial charge is 0.287 e. The molecular formula is C19H12N2O. The van der Waals surface area contributed by atoms with Crippen LogP contribution in [-0.2, 0) is 0 Å². The van der Waals surface area contributed by atoms with Crippen molar-refractivity contribution in [1.29, 1.82) is 0 Å². The number of aromatic nitrogens is 2. The third kappa shape index (κ3) is 1.48. The van der Waals surface area contributed by atoms with Gasteiger partial charge in [0, 0.05) is 28.1 Å². The van der Waals surface area contributed by atoms with Crippen LogP contribution in [0.1, 0.15) is 16.2 Å². The lowest BCUT2D eigenvalue weighted by Gasteiger charge is -2.19. The third-order valence-electron chi connectivity index (χ3n) is 4.03. The fourth-order valence-electron chi connectivity index (χ4n) is 3.06. The summed E-state index contributed by atoms with van der Waals surface area (Å²) in [5.74, 6) is -0.124. The highest BCUT2D eigenvalue weighted by atomic mass is 16.1. The highest BCUT2D eigenvalue weighted by Crippen LogP contribution is 2.37. The minimum absolute atomic E-state index is 0.124. The van der Waals surface area contributed by atoms with E-state index >= 15 is 0 Å². The van der Waals surface area contributed by atoms with Crippen molar-refractivity contribution in [2.75, 3.05) is 0 Å². The van der Waals surface area contributed by atoms with Crippen molar-refractivity contribution >= 4 is 33.0 Å². The van der Waals surface area contributed by atoms with Gasteiger partial charge in [0.15, 0.2) is 0 Å². The smallest absolute Gasteiger partial charge is 0.212 e. The van der Waals surface area contributed by atoms with E-state index in [9.17, 15) is 4.79 Å². The predicted octanol–water partition coefficient (Wildman–Crippen LogP) is 4.10. The van der Waals surface area contributed by atoms with E-state index in [-0.39, 0.29) is 5.78 Å². The number of hydrogen-bond acceptors (Lipinski definition) is 3. The maximum Gasteiger partial charge on any atom is 0.212 e. The summed E-state index contributed by atoms with van der Waals surface area (Å²) in [5.41, 5.74) is 3.22. The van der Waals surface area contributed by atoms with E-state index in [0.717, 1.165) is 32.9 Å². The molecular weight excluding hydrogens is 272 g/mol. The molecule has 1 aliphatic rings. The van der Waals surface area contributed by atoms with Crippen LogP contribution < -0.4 is 0 Å². The Kier molecular flexibility index (Phi) is 2.57. The van der Waals surface area contributed by atoms with Gasteiger partial charge in [-0.1, -0.05) is 43.5 Å². The first-order valence-corrected chi connectivity index (χ1v) is 6.98. The molecule has 1 aliphatic carbocycles. The Balaban J connectivity index is 2.30. The lowest BCUT2D eigenvalue weighted by Crippen LogP contribution is -2.14. The second-order valence-electron chi connectivity index (χ2n) is 5.12. The average molecular weight is 284 g/mol. The molecule has 3 nitrogen and oxygen atoms in total. The van der Waals surface area contributed by atoms with Crippen LogP contribution in [0.2, 0.25) is 0 Å². The molecule has 0 amide bonds. The molecule has 2 heterocycles. The highest BCUT2D eigenvalue weighted by molar-refractivity contribution is 6.28. The topological polar surface area (TPSA) is 42.9 Å². The molecule has 0 fully saturated rings. The van der Waals surface area contributed by atoms with E-state index in [1.807, 2.05) is 30.3 Å². The Morgan fingerprint density at radius 1 is 0.909 bits per heavy atom. The summed E-state index contributed by atoms with van der Waals surface area (Å²) >= 11 is 0. The van der Waals surface area contributed by atoms with E-state index in [1.165, 1.54) is 0 Å². The Morgan fingerprint density at radius 3 is 2.45 bits per heavy atom. The second-order valence-corrected chi connectivity index (χ2v) is 5.12. The molecule has 0 saturated carbocycles. The number of ketones is 1. The third-order valence-corrected chi connectivity index (χ3v) is 4.03. The van der Waals surface area contributed by atoms with Crippen LogP contribution in [-0.4, -0.2) is 15.8 Å². The first-order chi connectivity index (χ1) is 10.8. The van der Waals surface area contributed by atoms with Gasteiger partial charge in [-0.05, 0) is 17.5 Å². The van der Waals surface area contributed by atoms with Crippen molar-refractivity contribution in [3.63, 3.8) is 0 Å². The Morgan fingerprint density at radius 2 is 1.68 bits per heavy atom. The van der Waals surface area contributed by atoms with Gasteiger partial charge in [-0.3, -0.25) is 9.78 Å². The lowest BCUT2D eigenvalue weighted by atomic mass is 9.87. The summed E-state index contributed by atoms with van der Waals surface area (Å²) < 4.78 is 0. The molecule has 0 unspecified atom stereocenters. The SMILES string of the molecule is C=CC1=C(C=C)c2nccc3c2c(nc2ccccc23)C1=O. The van der Waals surface area contributed by atoms with Gasteiger partial charge in [0.05, 0.1) is 11.2 Å². The van der Waals surface area contributed by atoms with Crippen LogP contribution >= 0.6 is 0 Å². The van der Waals surface area contributed by atoms with Crippen molar-refractivity contribution in [2.45, 2.75) is 0 Å². The van der Waals surface area contributed by atoms with Gasteiger partial charge in [-0.2, -0.15) is 0 Å². The van der Waals surface area contributed by atoms with E-state index in [2.05, 4.69) is 23.1 Å². The summed E-state index contributed by atoms with van der Waals surface area (Å²) in [4.78, 5) is 21.8. The molecule has 0 radical (unpaired) electrons. The molecule has 4 rings (SSSR count). The highest BCUT2D eigenvalue weighted by Gasteiger charge is 2.28. The van der Waals surface area contributed by atoms with Crippen molar-refractivity contribution in [1.82, 2.24) is 9.97 Å². The number of hydrogen-bond donors (Lipinski definition) is 0. The number of fused-ring (bicyclic) bond motifs is 2. The van der Waals surface area contributed by atoms with E-state index < -0.39 is 0 Å². The molecule has 0 N–H and O–H groups in total. The second kappa shape index (κ2) is 4.46. The number of para-hydroxylation sites is 1. The average Bonchev–Trinajstić information content (AvgIpc) is 2.57. The van der Waals surface area contributed by atoms with Crippen LogP contribution in [0, 0.1) is 0 Å². The number of Topliss-reactive ketones (excluding diaryl/α,β-unsaturated/α-hetero) is 1. The maximum atomic E-state index is 12.8. The van der Waals surface area contributed by atoms with Crippen LogP contribution in [0.5, 0.6) is 0 Å². The molecule has 0 atom stereocenters. The van der Waals surface area contributed by atoms with Gasteiger partial charge in [0.1, 0.15) is 5.69 Å². The minimum Gasteiger partial charge on any atom is -0.287 e. The summed E-state index contributed by atoms with van der Waals surface area (Å²) in [6.45, 7) is 7.57. The minimum atomic E-state index is -0.124. The predicted molar refractivity (Wildman–Crippen MR) is 88.7 cm³/mol. The summed E-state index contributed by atoms with van der Waals surface area (Å²) in [7, 11) is 0. The molecule has 0 bridgehead atoms. The maximum absolute atomic E-state index is 12.8. The Hall–Kier alpha value is -3.07. The number of nitrogens with zero attached hydrogens (tertiary/aromatic N) is 2. The Bertz CT molecular complexity index is 1030. The van der Waals surface area contributed by atoms with Crippen molar-refractivity contribution in [2.24, 2.45) is 0 Å². The first kappa shape index (κ1) is 12.7. The van der Waals surface area contributed by atoms with E-state index in [0.29, 0.717) is 11.3 Å². The fourth-order valence-corrected chi connectivity index (χ4v) is 3.06. The van der Waals surface area contributed by atoms with Gasteiger partial charge in [-0.25, -0.2) is 4.98 Å². The normalized spacial score (nSPS) is 13.7. The fraction of sp³-hybridized carbons (Fsp3) is 0. The molecule has 2 aromatic heterocycles. The number of rotatable bonds is 2. The molecule has 0 aliphatic heterocycles. The number of allylic oxidation sites excluding steroid dienone is 4. The molecule has 3 heteroatoms. The van der Waals surface area contributed by atoms with Crippen molar-refractivity contribution in [3.05, 3.63) is 78.8 Å². The summed E-state index contributed by atoms with van der Waals surface area (Å²) in [5, 5.41) is 2.80. The number of benzene rings is 1. The zero-order valence-electron chi connectivity index (χ0n) is 11.8. The lowest BCUT2D eigenvalue weighted by molar-refractivity contribution is 0.103. The molecule has 3 aromatic rings.